The smallest absolute Gasteiger partial charge is 0.264 e. The van der Waals surface area contributed by atoms with Gasteiger partial charge in [-0.1, -0.05) is 35.6 Å². The predicted octanol–water partition coefficient (Wildman–Crippen LogP) is 4.72. The Bertz CT molecular complexity index is 1630. The fourth-order valence-corrected chi connectivity index (χ4v) is 8.06. The number of carbonyl (C=O) groups excluding carboxylic acids is 1. The Morgan fingerprint density at radius 3 is 2.51 bits per heavy atom. The SMILES string of the molecule is Cc1ccc2nc(N3CCN(CCNC(=O)c4ccc(S(=O)(=O)N5CCCc6ccccc65)cc4)CC3)sc2c1.Cl. The monoisotopic (exact) mass is 611 g/mol. The van der Waals surface area contributed by atoms with Crippen molar-refractivity contribution in [2.45, 2.75) is 24.7 Å². The van der Waals surface area contributed by atoms with Crippen LogP contribution in [-0.4, -0.2) is 70.0 Å². The minimum Gasteiger partial charge on any atom is -0.351 e. The van der Waals surface area contributed by atoms with Gasteiger partial charge in [-0.15, -0.1) is 12.4 Å². The number of hydrogen-bond acceptors (Lipinski definition) is 7. The lowest BCUT2D eigenvalue weighted by Gasteiger charge is -2.34. The van der Waals surface area contributed by atoms with Gasteiger partial charge < -0.3 is 10.2 Å². The van der Waals surface area contributed by atoms with Gasteiger partial charge in [-0.25, -0.2) is 13.4 Å². The van der Waals surface area contributed by atoms with E-state index in [-0.39, 0.29) is 23.2 Å². The normalized spacial score (nSPS) is 15.8. The molecule has 0 atom stereocenters. The van der Waals surface area contributed by atoms with Crippen molar-refractivity contribution in [1.82, 2.24) is 15.2 Å². The van der Waals surface area contributed by atoms with Crippen molar-refractivity contribution in [3.63, 3.8) is 0 Å². The highest BCUT2D eigenvalue weighted by molar-refractivity contribution is 7.92. The number of aryl methyl sites for hydroxylation is 2. The third-order valence-electron chi connectivity index (χ3n) is 7.66. The number of sulfonamides is 1. The molecule has 0 aliphatic carbocycles. The summed E-state index contributed by atoms with van der Waals surface area (Å²) in [6.45, 7) is 7.49. The molecule has 4 aromatic rings. The highest BCUT2D eigenvalue weighted by atomic mass is 35.5. The standard InChI is InChI=1S/C30H33N5O3S2.ClH/c1-22-8-13-26-28(21-22)39-30(32-26)34-19-17-33(18-20-34)16-14-31-29(36)24-9-11-25(12-10-24)40(37,38)35-15-4-6-23-5-2-3-7-27(23)35;/h2-3,5,7-13,21H,4,6,14-20H2,1H3,(H,31,36);1H. The van der Waals surface area contributed by atoms with Crippen LogP contribution in [0.2, 0.25) is 0 Å². The lowest BCUT2D eigenvalue weighted by atomic mass is 10.0. The Hall–Kier alpha value is -3.18. The van der Waals surface area contributed by atoms with Crippen LogP contribution in [0.25, 0.3) is 10.2 Å². The van der Waals surface area contributed by atoms with E-state index in [1.165, 1.54) is 26.7 Å². The molecule has 1 saturated heterocycles. The number of fused-ring (bicyclic) bond motifs is 2. The van der Waals surface area contributed by atoms with Crippen LogP contribution in [0.1, 0.15) is 27.9 Å². The van der Waals surface area contributed by atoms with Gasteiger partial charge in [0.2, 0.25) is 0 Å². The molecule has 8 nitrogen and oxygen atoms in total. The zero-order chi connectivity index (χ0) is 27.7. The van der Waals surface area contributed by atoms with Gasteiger partial charge in [0, 0.05) is 51.4 Å². The Morgan fingerprint density at radius 1 is 0.976 bits per heavy atom. The maximum atomic E-state index is 13.4. The number of nitrogens with one attached hydrogen (secondary N) is 1. The topological polar surface area (TPSA) is 85.9 Å². The number of rotatable bonds is 7. The van der Waals surface area contributed by atoms with Gasteiger partial charge >= 0.3 is 0 Å². The summed E-state index contributed by atoms with van der Waals surface area (Å²) < 4.78 is 29.4. The highest BCUT2D eigenvalue weighted by Gasteiger charge is 2.29. The van der Waals surface area contributed by atoms with E-state index in [4.69, 9.17) is 4.98 Å². The largest absolute Gasteiger partial charge is 0.351 e. The van der Waals surface area contributed by atoms with E-state index in [0.717, 1.165) is 67.5 Å². The Morgan fingerprint density at radius 2 is 1.73 bits per heavy atom. The molecule has 0 radical (unpaired) electrons. The number of carbonyl (C=O) groups is 1. The third-order valence-corrected chi connectivity index (χ3v) is 10.6. The predicted molar refractivity (Wildman–Crippen MR) is 168 cm³/mol. The molecule has 1 fully saturated rings. The number of nitrogens with zero attached hydrogens (tertiary/aromatic N) is 4. The molecule has 6 rings (SSSR count). The molecular formula is C30H34ClN5O3S2. The molecule has 0 unspecified atom stereocenters. The Labute approximate surface area is 251 Å². The fraction of sp³-hybridized carbons (Fsp3) is 0.333. The summed E-state index contributed by atoms with van der Waals surface area (Å²) in [4.78, 5) is 22.4. The number of piperazine rings is 1. The first-order valence-corrected chi connectivity index (χ1v) is 16.0. The van der Waals surface area contributed by atoms with Gasteiger partial charge in [-0.05, 0) is 73.4 Å². The van der Waals surface area contributed by atoms with Crippen molar-refractivity contribution in [2.75, 3.05) is 55.0 Å². The van der Waals surface area contributed by atoms with Gasteiger partial charge in [0.25, 0.3) is 15.9 Å². The molecule has 1 N–H and O–H groups in total. The number of amides is 1. The summed E-state index contributed by atoms with van der Waals surface area (Å²) in [6.07, 6.45) is 1.66. The van der Waals surface area contributed by atoms with Gasteiger partial charge in [-0.3, -0.25) is 14.0 Å². The van der Waals surface area contributed by atoms with Crippen LogP contribution in [0.3, 0.4) is 0 Å². The second kappa shape index (κ2) is 12.4. The van der Waals surface area contributed by atoms with Crippen molar-refractivity contribution in [1.29, 1.82) is 0 Å². The lowest BCUT2D eigenvalue weighted by Crippen LogP contribution is -2.48. The van der Waals surface area contributed by atoms with E-state index in [2.05, 4.69) is 40.2 Å². The first kappa shape index (κ1) is 29.3. The third kappa shape index (κ3) is 6.21. The van der Waals surface area contributed by atoms with Crippen LogP contribution in [0.5, 0.6) is 0 Å². The molecule has 41 heavy (non-hydrogen) atoms. The summed E-state index contributed by atoms with van der Waals surface area (Å²) in [7, 11) is -3.70. The quantitative estimate of drug-likeness (QED) is 0.326. The van der Waals surface area contributed by atoms with Gasteiger partial charge in [-0.2, -0.15) is 0 Å². The molecular weight excluding hydrogens is 578 g/mol. The number of para-hydroxylation sites is 1. The summed E-state index contributed by atoms with van der Waals surface area (Å²) in [6, 6.07) is 20.3. The van der Waals surface area contributed by atoms with E-state index in [0.29, 0.717) is 18.7 Å². The highest BCUT2D eigenvalue weighted by Crippen LogP contribution is 2.32. The van der Waals surface area contributed by atoms with Crippen molar-refractivity contribution in [2.24, 2.45) is 0 Å². The molecule has 0 saturated carbocycles. The van der Waals surface area contributed by atoms with Crippen LogP contribution < -0.4 is 14.5 Å². The summed E-state index contributed by atoms with van der Waals surface area (Å²) in [5, 5.41) is 4.06. The number of aromatic nitrogens is 1. The summed E-state index contributed by atoms with van der Waals surface area (Å²) in [5.41, 5.74) is 4.54. The molecule has 2 aliphatic rings. The minimum atomic E-state index is -3.70. The average molecular weight is 612 g/mol. The first-order chi connectivity index (χ1) is 19.4. The van der Waals surface area contributed by atoms with Crippen molar-refractivity contribution in [3.8, 4) is 0 Å². The fourth-order valence-electron chi connectivity index (χ4n) is 5.40. The van der Waals surface area contributed by atoms with Crippen LogP contribution >= 0.6 is 23.7 Å². The van der Waals surface area contributed by atoms with E-state index in [1.54, 1.807) is 23.5 Å². The van der Waals surface area contributed by atoms with Crippen molar-refractivity contribution in [3.05, 3.63) is 83.4 Å². The van der Waals surface area contributed by atoms with E-state index < -0.39 is 10.0 Å². The molecule has 3 aromatic carbocycles. The first-order valence-electron chi connectivity index (χ1n) is 13.7. The molecule has 2 aliphatic heterocycles. The lowest BCUT2D eigenvalue weighted by molar-refractivity contribution is 0.0947. The zero-order valence-electron chi connectivity index (χ0n) is 23.0. The van der Waals surface area contributed by atoms with Gasteiger partial charge in [0.1, 0.15) is 0 Å². The van der Waals surface area contributed by atoms with Crippen LogP contribution in [-0.2, 0) is 16.4 Å². The Kier molecular flexibility index (Phi) is 8.84. The van der Waals surface area contributed by atoms with Crippen LogP contribution in [0.4, 0.5) is 10.8 Å². The molecule has 1 amide bonds. The van der Waals surface area contributed by atoms with Gasteiger partial charge in [0.15, 0.2) is 5.13 Å². The molecule has 11 heteroatoms. The van der Waals surface area contributed by atoms with Crippen molar-refractivity contribution < 1.29 is 13.2 Å². The maximum Gasteiger partial charge on any atom is 0.264 e. The second-order valence-electron chi connectivity index (χ2n) is 10.4. The average Bonchev–Trinajstić information content (AvgIpc) is 3.40. The minimum absolute atomic E-state index is 0. The molecule has 216 valence electrons. The van der Waals surface area contributed by atoms with Crippen LogP contribution in [0, 0.1) is 6.92 Å². The molecule has 1 aromatic heterocycles. The van der Waals surface area contributed by atoms with Crippen LogP contribution in [0.15, 0.2) is 71.6 Å². The molecule has 3 heterocycles. The zero-order valence-corrected chi connectivity index (χ0v) is 25.4. The number of anilines is 2. The molecule has 0 spiro atoms. The number of halogens is 1. The number of benzene rings is 3. The van der Waals surface area contributed by atoms with E-state index in [9.17, 15) is 13.2 Å². The second-order valence-corrected chi connectivity index (χ2v) is 13.3. The van der Waals surface area contributed by atoms with Gasteiger partial charge in [0.05, 0.1) is 20.8 Å². The van der Waals surface area contributed by atoms with E-state index >= 15 is 0 Å². The summed E-state index contributed by atoms with van der Waals surface area (Å²) >= 11 is 1.74. The number of hydrogen-bond donors (Lipinski definition) is 1. The Balaban J connectivity index is 0.00000337. The van der Waals surface area contributed by atoms with E-state index in [1.807, 2.05) is 24.3 Å². The maximum absolute atomic E-state index is 13.4. The molecule has 0 bridgehead atoms. The number of thiazole rings is 1. The summed E-state index contributed by atoms with van der Waals surface area (Å²) in [5.74, 6) is -0.198. The van der Waals surface area contributed by atoms with Crippen molar-refractivity contribution >= 4 is 60.7 Å².